The molecule has 5 nitrogen and oxygen atoms in total. The van der Waals surface area contributed by atoms with E-state index in [-0.39, 0.29) is 6.04 Å². The van der Waals surface area contributed by atoms with E-state index in [1.165, 1.54) is 19.3 Å². The summed E-state index contributed by atoms with van der Waals surface area (Å²) in [5.74, 6) is 1.83. The number of rotatable bonds is 6. The predicted molar refractivity (Wildman–Crippen MR) is 68.9 cm³/mol. The third-order valence-corrected chi connectivity index (χ3v) is 3.62. The third kappa shape index (κ3) is 2.72. The van der Waals surface area contributed by atoms with Gasteiger partial charge in [0.05, 0.1) is 26.5 Å². The van der Waals surface area contributed by atoms with Gasteiger partial charge in [-0.1, -0.05) is 19.3 Å². The first-order chi connectivity index (χ1) is 8.78. The molecule has 1 heterocycles. The van der Waals surface area contributed by atoms with E-state index in [9.17, 15) is 0 Å². The van der Waals surface area contributed by atoms with E-state index in [4.69, 9.17) is 9.47 Å². The van der Waals surface area contributed by atoms with E-state index in [2.05, 4.69) is 15.3 Å². The van der Waals surface area contributed by atoms with Crippen molar-refractivity contribution in [1.29, 1.82) is 0 Å². The van der Waals surface area contributed by atoms with Crippen LogP contribution in [0.1, 0.15) is 37.4 Å². The first-order valence-electron chi connectivity index (χ1n) is 6.40. The summed E-state index contributed by atoms with van der Waals surface area (Å²) in [6.45, 7) is 0. The molecule has 2 rings (SSSR count). The molecule has 1 atom stereocenters. The van der Waals surface area contributed by atoms with Crippen molar-refractivity contribution < 1.29 is 9.47 Å². The Bertz CT molecular complexity index is 394. The lowest BCUT2D eigenvalue weighted by atomic mass is 9.80. The van der Waals surface area contributed by atoms with Gasteiger partial charge in [-0.3, -0.25) is 0 Å². The minimum absolute atomic E-state index is 0.198. The molecule has 0 saturated heterocycles. The van der Waals surface area contributed by atoms with Crippen LogP contribution >= 0.6 is 0 Å². The number of methoxy groups -OCH3 is 2. The zero-order chi connectivity index (χ0) is 13.0. The Hall–Kier alpha value is -1.36. The average molecular weight is 251 g/mol. The highest BCUT2D eigenvalue weighted by Crippen LogP contribution is 2.36. The first-order valence-corrected chi connectivity index (χ1v) is 6.40. The summed E-state index contributed by atoms with van der Waals surface area (Å²) in [5, 5.41) is 3.31. The molecule has 1 saturated carbocycles. The number of hydrogen-bond donors (Lipinski definition) is 1. The Kier molecular flexibility index (Phi) is 4.36. The molecule has 0 bridgehead atoms. The van der Waals surface area contributed by atoms with Crippen LogP contribution in [0.25, 0.3) is 0 Å². The standard InChI is InChI=1S/C13H21N3O2/c1-14-10(7-9-5-4-6-9)12-13(18-3)16-11(17-2)8-15-12/h8-10,14H,4-7H2,1-3H3. The molecular weight excluding hydrogens is 230 g/mol. The Morgan fingerprint density at radius 2 is 2.17 bits per heavy atom. The molecule has 1 fully saturated rings. The molecule has 0 aliphatic heterocycles. The van der Waals surface area contributed by atoms with E-state index in [1.54, 1.807) is 20.4 Å². The van der Waals surface area contributed by atoms with Gasteiger partial charge < -0.3 is 14.8 Å². The van der Waals surface area contributed by atoms with Crippen molar-refractivity contribution in [2.75, 3.05) is 21.3 Å². The maximum atomic E-state index is 5.31. The molecule has 18 heavy (non-hydrogen) atoms. The second kappa shape index (κ2) is 6.00. The summed E-state index contributed by atoms with van der Waals surface area (Å²) in [7, 11) is 5.14. The van der Waals surface area contributed by atoms with Gasteiger partial charge in [0.15, 0.2) is 0 Å². The summed E-state index contributed by atoms with van der Waals surface area (Å²) in [4.78, 5) is 8.71. The van der Waals surface area contributed by atoms with Gasteiger partial charge in [-0.25, -0.2) is 4.98 Å². The van der Waals surface area contributed by atoms with E-state index in [1.807, 2.05) is 7.05 Å². The molecule has 1 aliphatic carbocycles. The summed E-state index contributed by atoms with van der Waals surface area (Å²) in [6.07, 6.45) is 6.73. The highest BCUT2D eigenvalue weighted by molar-refractivity contribution is 5.25. The van der Waals surface area contributed by atoms with Crippen LogP contribution in [-0.2, 0) is 0 Å². The minimum Gasteiger partial charge on any atom is -0.480 e. The predicted octanol–water partition coefficient (Wildman–Crippen LogP) is 1.94. The molecule has 100 valence electrons. The van der Waals surface area contributed by atoms with Gasteiger partial charge in [0.25, 0.3) is 0 Å². The summed E-state index contributed by atoms with van der Waals surface area (Å²) < 4.78 is 10.4. The SMILES string of the molecule is CNC(CC1CCC1)c1ncc(OC)nc1OC. The Morgan fingerprint density at radius 3 is 2.67 bits per heavy atom. The largest absolute Gasteiger partial charge is 0.480 e. The highest BCUT2D eigenvalue weighted by Gasteiger charge is 2.25. The van der Waals surface area contributed by atoms with Crippen LogP contribution in [0.4, 0.5) is 0 Å². The van der Waals surface area contributed by atoms with Crippen molar-refractivity contribution in [1.82, 2.24) is 15.3 Å². The molecular formula is C13H21N3O2. The van der Waals surface area contributed by atoms with E-state index in [0.29, 0.717) is 11.8 Å². The van der Waals surface area contributed by atoms with Crippen LogP contribution in [-0.4, -0.2) is 31.2 Å². The van der Waals surface area contributed by atoms with Gasteiger partial charge in [-0.15, -0.1) is 0 Å². The van der Waals surface area contributed by atoms with Gasteiger partial charge >= 0.3 is 0 Å². The molecule has 1 aliphatic rings. The van der Waals surface area contributed by atoms with Crippen LogP contribution in [0, 0.1) is 5.92 Å². The highest BCUT2D eigenvalue weighted by atomic mass is 16.5. The number of nitrogens with one attached hydrogen (secondary N) is 1. The second-order valence-electron chi connectivity index (χ2n) is 4.68. The van der Waals surface area contributed by atoms with Gasteiger partial charge in [-0.2, -0.15) is 4.98 Å². The van der Waals surface area contributed by atoms with Crippen molar-refractivity contribution in [3.05, 3.63) is 11.9 Å². The molecule has 1 N–H and O–H groups in total. The molecule has 5 heteroatoms. The van der Waals surface area contributed by atoms with Crippen LogP contribution in [0.15, 0.2) is 6.20 Å². The second-order valence-corrected chi connectivity index (χ2v) is 4.68. The first kappa shape index (κ1) is 13.1. The van der Waals surface area contributed by atoms with Crippen LogP contribution in [0.3, 0.4) is 0 Å². The fraction of sp³-hybridized carbons (Fsp3) is 0.692. The summed E-state index contributed by atoms with van der Waals surface area (Å²) >= 11 is 0. The van der Waals surface area contributed by atoms with E-state index < -0.39 is 0 Å². The third-order valence-electron chi connectivity index (χ3n) is 3.62. The van der Waals surface area contributed by atoms with Crippen molar-refractivity contribution in [2.45, 2.75) is 31.7 Å². The van der Waals surface area contributed by atoms with Crippen LogP contribution in [0.5, 0.6) is 11.8 Å². The lowest BCUT2D eigenvalue weighted by molar-refractivity contribution is 0.259. The lowest BCUT2D eigenvalue weighted by Gasteiger charge is -2.29. The Balaban J connectivity index is 2.17. The molecule has 0 amide bonds. The molecule has 0 spiro atoms. The number of ether oxygens (including phenoxy) is 2. The zero-order valence-electron chi connectivity index (χ0n) is 11.3. The fourth-order valence-corrected chi connectivity index (χ4v) is 2.28. The fourth-order valence-electron chi connectivity index (χ4n) is 2.28. The van der Waals surface area contributed by atoms with Crippen molar-refractivity contribution >= 4 is 0 Å². The quantitative estimate of drug-likeness (QED) is 0.837. The normalized spacial score (nSPS) is 17.1. The Morgan fingerprint density at radius 1 is 1.39 bits per heavy atom. The Labute approximate surface area is 108 Å². The minimum atomic E-state index is 0.198. The van der Waals surface area contributed by atoms with Gasteiger partial charge in [-0.05, 0) is 19.4 Å². The average Bonchev–Trinajstić information content (AvgIpc) is 2.37. The summed E-state index contributed by atoms with van der Waals surface area (Å²) in [6, 6.07) is 0.198. The number of nitrogens with zero attached hydrogens (tertiary/aromatic N) is 2. The topological polar surface area (TPSA) is 56.3 Å². The van der Waals surface area contributed by atoms with Crippen LogP contribution in [0.2, 0.25) is 0 Å². The smallest absolute Gasteiger partial charge is 0.240 e. The van der Waals surface area contributed by atoms with Crippen LogP contribution < -0.4 is 14.8 Å². The van der Waals surface area contributed by atoms with Gasteiger partial charge in [0.2, 0.25) is 11.8 Å². The van der Waals surface area contributed by atoms with E-state index >= 15 is 0 Å². The monoisotopic (exact) mass is 251 g/mol. The molecule has 1 unspecified atom stereocenters. The molecule has 0 radical (unpaired) electrons. The van der Waals surface area contributed by atoms with Crippen molar-refractivity contribution in [3.8, 4) is 11.8 Å². The number of hydrogen-bond acceptors (Lipinski definition) is 5. The van der Waals surface area contributed by atoms with Gasteiger partial charge in [0, 0.05) is 0 Å². The molecule has 1 aromatic heterocycles. The van der Waals surface area contributed by atoms with Crippen molar-refractivity contribution in [2.24, 2.45) is 5.92 Å². The maximum Gasteiger partial charge on any atom is 0.240 e. The molecule has 0 aromatic carbocycles. The van der Waals surface area contributed by atoms with Crippen molar-refractivity contribution in [3.63, 3.8) is 0 Å². The lowest BCUT2D eigenvalue weighted by Crippen LogP contribution is -2.24. The summed E-state index contributed by atoms with van der Waals surface area (Å²) in [5.41, 5.74) is 0.868. The molecule has 1 aromatic rings. The van der Waals surface area contributed by atoms with E-state index in [0.717, 1.165) is 18.0 Å². The number of aromatic nitrogens is 2. The van der Waals surface area contributed by atoms with Gasteiger partial charge in [0.1, 0.15) is 5.69 Å². The maximum absolute atomic E-state index is 5.31. The zero-order valence-corrected chi connectivity index (χ0v) is 11.3.